The quantitative estimate of drug-likeness (QED) is 0.790. The predicted octanol–water partition coefficient (Wildman–Crippen LogP) is 3.40. The monoisotopic (exact) mass is 434 g/mol. The number of likely N-dealkylation sites (tertiary alicyclic amines) is 1. The van der Waals surface area contributed by atoms with Gasteiger partial charge in [-0.1, -0.05) is 0 Å². The third kappa shape index (κ3) is 3.68. The first-order valence-corrected chi connectivity index (χ1v) is 9.49. The molecular formula is C14H16Br2N2O2S. The Kier molecular flexibility index (Phi) is 4.71. The molecule has 21 heavy (non-hydrogen) atoms. The van der Waals surface area contributed by atoms with Crippen LogP contribution >= 0.6 is 43.2 Å². The standard InChI is InChI=1S/C14H16Br2N2O2S/c15-10-7-11(21-12(10)16)14(20)18-5-3-9(4-6-18)17-13(19)8-1-2-8/h7-9H,1-6H2,(H,17,19). The third-order valence-electron chi connectivity index (χ3n) is 3.93. The molecule has 2 fully saturated rings. The first kappa shape index (κ1) is 15.5. The number of hydrogen-bond donors (Lipinski definition) is 1. The Bertz CT molecular complexity index is 544. The molecule has 1 saturated heterocycles. The number of thiophene rings is 1. The van der Waals surface area contributed by atoms with Crippen LogP contribution in [0, 0.1) is 5.92 Å². The van der Waals surface area contributed by atoms with Crippen molar-refractivity contribution in [3.05, 3.63) is 19.2 Å². The van der Waals surface area contributed by atoms with Crippen molar-refractivity contribution in [2.24, 2.45) is 5.92 Å². The normalized spacial score (nSPS) is 19.6. The van der Waals surface area contributed by atoms with E-state index in [-0.39, 0.29) is 23.8 Å². The zero-order valence-electron chi connectivity index (χ0n) is 11.4. The van der Waals surface area contributed by atoms with Crippen LogP contribution in [0.5, 0.6) is 0 Å². The molecule has 0 aromatic carbocycles. The lowest BCUT2D eigenvalue weighted by atomic mass is 10.0. The molecule has 114 valence electrons. The lowest BCUT2D eigenvalue weighted by Crippen LogP contribution is -2.46. The van der Waals surface area contributed by atoms with E-state index in [0.717, 1.165) is 38.8 Å². The Morgan fingerprint density at radius 2 is 1.86 bits per heavy atom. The highest BCUT2D eigenvalue weighted by atomic mass is 79.9. The number of amides is 2. The molecule has 0 bridgehead atoms. The second kappa shape index (κ2) is 6.38. The number of nitrogens with one attached hydrogen (secondary N) is 1. The van der Waals surface area contributed by atoms with Crippen LogP contribution in [0.1, 0.15) is 35.4 Å². The molecule has 1 saturated carbocycles. The van der Waals surface area contributed by atoms with Crippen molar-refractivity contribution in [3.8, 4) is 0 Å². The minimum atomic E-state index is 0.0818. The summed E-state index contributed by atoms with van der Waals surface area (Å²) in [5.41, 5.74) is 0. The Balaban J connectivity index is 1.52. The lowest BCUT2D eigenvalue weighted by molar-refractivity contribution is -0.123. The molecule has 2 amide bonds. The third-order valence-corrected chi connectivity index (χ3v) is 7.18. The number of rotatable bonds is 3. The zero-order valence-corrected chi connectivity index (χ0v) is 15.4. The molecule has 0 atom stereocenters. The number of nitrogens with zero attached hydrogens (tertiary/aromatic N) is 1. The minimum Gasteiger partial charge on any atom is -0.353 e. The molecule has 4 nitrogen and oxygen atoms in total. The Labute approximate surface area is 144 Å². The van der Waals surface area contributed by atoms with Crippen LogP contribution < -0.4 is 5.32 Å². The molecule has 2 heterocycles. The van der Waals surface area contributed by atoms with Crippen molar-refractivity contribution < 1.29 is 9.59 Å². The summed E-state index contributed by atoms with van der Waals surface area (Å²) >= 11 is 8.28. The van der Waals surface area contributed by atoms with Gasteiger partial charge in [0, 0.05) is 29.5 Å². The van der Waals surface area contributed by atoms with E-state index >= 15 is 0 Å². The molecule has 3 rings (SSSR count). The van der Waals surface area contributed by atoms with Crippen molar-refractivity contribution >= 4 is 55.0 Å². The molecule has 0 spiro atoms. The minimum absolute atomic E-state index is 0.0818. The molecule has 1 aromatic rings. The van der Waals surface area contributed by atoms with Crippen molar-refractivity contribution in [2.45, 2.75) is 31.7 Å². The van der Waals surface area contributed by atoms with Gasteiger partial charge in [0.25, 0.3) is 5.91 Å². The van der Waals surface area contributed by atoms with E-state index in [9.17, 15) is 9.59 Å². The topological polar surface area (TPSA) is 49.4 Å². The molecule has 2 aliphatic rings. The van der Waals surface area contributed by atoms with Gasteiger partial charge in [0.05, 0.1) is 8.66 Å². The van der Waals surface area contributed by atoms with Gasteiger partial charge in [-0.2, -0.15) is 0 Å². The van der Waals surface area contributed by atoms with Gasteiger partial charge in [0.15, 0.2) is 0 Å². The van der Waals surface area contributed by atoms with Gasteiger partial charge >= 0.3 is 0 Å². The smallest absolute Gasteiger partial charge is 0.264 e. The number of piperidine rings is 1. The second-order valence-electron chi connectivity index (χ2n) is 5.58. The van der Waals surface area contributed by atoms with E-state index < -0.39 is 0 Å². The van der Waals surface area contributed by atoms with Crippen LogP contribution in [0.15, 0.2) is 14.3 Å². The lowest BCUT2D eigenvalue weighted by Gasteiger charge is -2.32. The average Bonchev–Trinajstić information content (AvgIpc) is 3.26. The fourth-order valence-electron chi connectivity index (χ4n) is 2.50. The largest absolute Gasteiger partial charge is 0.353 e. The van der Waals surface area contributed by atoms with Crippen LogP contribution in [0.25, 0.3) is 0 Å². The molecule has 1 aromatic heterocycles. The summed E-state index contributed by atoms with van der Waals surface area (Å²) in [6.07, 6.45) is 3.76. The van der Waals surface area contributed by atoms with Crippen molar-refractivity contribution in [1.29, 1.82) is 0 Å². The molecule has 0 radical (unpaired) electrons. The van der Waals surface area contributed by atoms with Crippen LogP contribution in [0.4, 0.5) is 0 Å². The summed E-state index contributed by atoms with van der Waals surface area (Å²) in [6.45, 7) is 1.42. The maximum atomic E-state index is 12.4. The summed E-state index contributed by atoms with van der Waals surface area (Å²) in [5, 5.41) is 3.10. The summed E-state index contributed by atoms with van der Waals surface area (Å²) in [6, 6.07) is 2.09. The van der Waals surface area contributed by atoms with E-state index in [2.05, 4.69) is 37.2 Å². The van der Waals surface area contributed by atoms with Gasteiger partial charge in [-0.15, -0.1) is 11.3 Å². The maximum Gasteiger partial charge on any atom is 0.264 e. The highest BCUT2D eigenvalue weighted by molar-refractivity contribution is 9.13. The van der Waals surface area contributed by atoms with Gasteiger partial charge in [-0.05, 0) is 63.6 Å². The Hall–Kier alpha value is -0.400. The summed E-state index contributed by atoms with van der Waals surface area (Å²) < 4.78 is 1.86. The number of hydrogen-bond acceptors (Lipinski definition) is 3. The van der Waals surface area contributed by atoms with Crippen molar-refractivity contribution in [3.63, 3.8) is 0 Å². The first-order valence-electron chi connectivity index (χ1n) is 7.09. The van der Waals surface area contributed by atoms with Gasteiger partial charge < -0.3 is 10.2 Å². The second-order valence-corrected chi connectivity index (χ2v) is 8.81. The van der Waals surface area contributed by atoms with E-state index in [1.807, 2.05) is 11.0 Å². The van der Waals surface area contributed by atoms with Gasteiger partial charge in [-0.3, -0.25) is 9.59 Å². The first-order chi connectivity index (χ1) is 10.0. The van der Waals surface area contributed by atoms with Crippen LogP contribution in [-0.2, 0) is 4.79 Å². The zero-order chi connectivity index (χ0) is 15.0. The van der Waals surface area contributed by atoms with Crippen LogP contribution in [-0.4, -0.2) is 35.8 Å². The fraction of sp³-hybridized carbons (Fsp3) is 0.571. The molecule has 1 aliphatic heterocycles. The molecule has 7 heteroatoms. The predicted molar refractivity (Wildman–Crippen MR) is 89.5 cm³/mol. The van der Waals surface area contributed by atoms with Crippen molar-refractivity contribution in [1.82, 2.24) is 10.2 Å². The fourth-order valence-corrected chi connectivity index (χ4v) is 4.50. The Morgan fingerprint density at radius 1 is 1.19 bits per heavy atom. The highest BCUT2D eigenvalue weighted by Crippen LogP contribution is 2.33. The van der Waals surface area contributed by atoms with E-state index in [1.165, 1.54) is 11.3 Å². The van der Waals surface area contributed by atoms with Crippen molar-refractivity contribution in [2.75, 3.05) is 13.1 Å². The van der Waals surface area contributed by atoms with Gasteiger partial charge in [0.1, 0.15) is 0 Å². The van der Waals surface area contributed by atoms with E-state index in [0.29, 0.717) is 13.1 Å². The molecular weight excluding hydrogens is 420 g/mol. The number of halogens is 2. The molecule has 1 aliphatic carbocycles. The van der Waals surface area contributed by atoms with Gasteiger partial charge in [-0.25, -0.2) is 0 Å². The van der Waals surface area contributed by atoms with E-state index in [4.69, 9.17) is 0 Å². The molecule has 1 N–H and O–H groups in total. The highest BCUT2D eigenvalue weighted by Gasteiger charge is 2.32. The van der Waals surface area contributed by atoms with Crippen LogP contribution in [0.2, 0.25) is 0 Å². The number of carbonyl (C=O) groups excluding carboxylic acids is 2. The number of carbonyl (C=O) groups is 2. The van der Waals surface area contributed by atoms with E-state index in [1.54, 1.807) is 0 Å². The van der Waals surface area contributed by atoms with Crippen LogP contribution in [0.3, 0.4) is 0 Å². The average molecular weight is 436 g/mol. The summed E-state index contributed by atoms with van der Waals surface area (Å²) in [5.74, 6) is 0.537. The Morgan fingerprint density at radius 3 is 2.38 bits per heavy atom. The maximum absolute atomic E-state index is 12.4. The SMILES string of the molecule is O=C(NC1CCN(C(=O)c2cc(Br)c(Br)s2)CC1)C1CC1. The molecule has 0 unspecified atom stereocenters. The van der Waals surface area contributed by atoms with Gasteiger partial charge in [0.2, 0.25) is 5.91 Å². The summed E-state index contributed by atoms with van der Waals surface area (Å²) in [7, 11) is 0. The summed E-state index contributed by atoms with van der Waals surface area (Å²) in [4.78, 5) is 26.8.